The zero-order chi connectivity index (χ0) is 16.4. The normalized spacial score (nSPS) is 19.2. The highest BCUT2D eigenvalue weighted by Crippen LogP contribution is 2.31. The lowest BCUT2D eigenvalue weighted by atomic mass is 10.1. The van der Waals surface area contributed by atoms with Crippen LogP contribution in [0.4, 0.5) is 9.18 Å². The van der Waals surface area contributed by atoms with Gasteiger partial charge < -0.3 is 20.8 Å². The fraction of sp³-hybridized carbons (Fsp3) is 0.235. The minimum atomic E-state index is -0.732. The Kier molecular flexibility index (Phi) is 4.16. The molecule has 0 bridgehead atoms. The third kappa shape index (κ3) is 3.27. The standard InChI is InChI=1S/C17H17FN2O3/c18-13-7-10(5-6-14(13)21)9-19-17(23)20-16-12-4-2-1-3-11(12)8-15(16)22/h1-7,15-16,21-22H,8-9H2,(H2,19,20,23)/t15-,16+/m0/s1. The van der Waals surface area contributed by atoms with Gasteiger partial charge in [0, 0.05) is 13.0 Å². The first-order valence-corrected chi connectivity index (χ1v) is 7.32. The van der Waals surface area contributed by atoms with E-state index in [2.05, 4.69) is 10.6 Å². The van der Waals surface area contributed by atoms with Gasteiger partial charge in [-0.05, 0) is 28.8 Å². The van der Waals surface area contributed by atoms with E-state index in [1.807, 2.05) is 24.3 Å². The van der Waals surface area contributed by atoms with Crippen LogP contribution in [0.2, 0.25) is 0 Å². The van der Waals surface area contributed by atoms with Crippen LogP contribution >= 0.6 is 0 Å². The number of phenolic OH excluding ortho intramolecular Hbond substituents is 1. The number of hydrogen-bond acceptors (Lipinski definition) is 3. The Morgan fingerprint density at radius 3 is 2.83 bits per heavy atom. The van der Waals surface area contributed by atoms with Gasteiger partial charge in [0.25, 0.3) is 0 Å². The molecule has 0 unspecified atom stereocenters. The van der Waals surface area contributed by atoms with Crippen LogP contribution in [0.5, 0.6) is 5.75 Å². The van der Waals surface area contributed by atoms with Gasteiger partial charge in [0.2, 0.25) is 0 Å². The van der Waals surface area contributed by atoms with E-state index in [0.717, 1.165) is 17.2 Å². The van der Waals surface area contributed by atoms with Crippen molar-refractivity contribution in [1.29, 1.82) is 0 Å². The minimum Gasteiger partial charge on any atom is -0.505 e. The van der Waals surface area contributed by atoms with Crippen LogP contribution in [0, 0.1) is 5.82 Å². The van der Waals surface area contributed by atoms with Crippen molar-refractivity contribution in [3.05, 3.63) is 65.0 Å². The molecule has 0 fully saturated rings. The summed E-state index contributed by atoms with van der Waals surface area (Å²) in [7, 11) is 0. The van der Waals surface area contributed by atoms with E-state index < -0.39 is 29.7 Å². The van der Waals surface area contributed by atoms with Crippen LogP contribution in [-0.2, 0) is 13.0 Å². The van der Waals surface area contributed by atoms with Crippen molar-refractivity contribution >= 4 is 6.03 Å². The number of carbonyl (C=O) groups is 1. The Bertz CT molecular complexity index is 736. The summed E-state index contributed by atoms with van der Waals surface area (Å²) in [4.78, 5) is 12.0. The molecular weight excluding hydrogens is 299 g/mol. The quantitative estimate of drug-likeness (QED) is 0.699. The summed E-state index contributed by atoms with van der Waals surface area (Å²) in [6, 6.07) is 10.6. The van der Waals surface area contributed by atoms with Gasteiger partial charge in [-0.25, -0.2) is 9.18 Å². The maximum absolute atomic E-state index is 13.2. The van der Waals surface area contributed by atoms with Crippen LogP contribution in [0.3, 0.4) is 0 Å². The number of rotatable bonds is 3. The van der Waals surface area contributed by atoms with E-state index >= 15 is 0 Å². The van der Waals surface area contributed by atoms with Crippen LogP contribution in [0.25, 0.3) is 0 Å². The maximum atomic E-state index is 13.2. The molecule has 1 aliphatic carbocycles. The predicted octanol–water partition coefficient (Wildman–Crippen LogP) is 1.99. The monoisotopic (exact) mass is 316 g/mol. The van der Waals surface area contributed by atoms with E-state index in [1.54, 1.807) is 0 Å². The van der Waals surface area contributed by atoms with Crippen LogP contribution in [-0.4, -0.2) is 22.3 Å². The van der Waals surface area contributed by atoms with Crippen molar-refractivity contribution in [1.82, 2.24) is 10.6 Å². The van der Waals surface area contributed by atoms with E-state index in [4.69, 9.17) is 5.11 Å². The molecule has 2 amide bonds. The van der Waals surface area contributed by atoms with E-state index in [9.17, 15) is 14.3 Å². The lowest BCUT2D eigenvalue weighted by Gasteiger charge is -2.18. The number of aromatic hydroxyl groups is 1. The predicted molar refractivity (Wildman–Crippen MR) is 82.3 cm³/mol. The lowest BCUT2D eigenvalue weighted by Crippen LogP contribution is -2.40. The zero-order valence-electron chi connectivity index (χ0n) is 12.3. The molecule has 2 atom stereocenters. The molecule has 0 saturated heterocycles. The second-order valence-electron chi connectivity index (χ2n) is 5.56. The Balaban J connectivity index is 1.60. The molecule has 5 nitrogen and oxygen atoms in total. The lowest BCUT2D eigenvalue weighted by molar-refractivity contribution is 0.142. The number of carbonyl (C=O) groups excluding carboxylic acids is 1. The topological polar surface area (TPSA) is 81.6 Å². The summed E-state index contributed by atoms with van der Waals surface area (Å²) >= 11 is 0. The van der Waals surface area contributed by atoms with Crippen molar-refractivity contribution < 1.29 is 19.4 Å². The fourth-order valence-electron chi connectivity index (χ4n) is 2.78. The zero-order valence-corrected chi connectivity index (χ0v) is 12.3. The van der Waals surface area contributed by atoms with Crippen LogP contribution in [0.15, 0.2) is 42.5 Å². The smallest absolute Gasteiger partial charge is 0.315 e. The number of aliphatic hydroxyl groups excluding tert-OH is 1. The molecule has 0 aromatic heterocycles. The molecular formula is C17H17FN2O3. The van der Waals surface area contributed by atoms with Gasteiger partial charge in [0.1, 0.15) is 0 Å². The highest BCUT2D eigenvalue weighted by Gasteiger charge is 2.31. The number of urea groups is 1. The summed E-state index contributed by atoms with van der Waals surface area (Å²) in [5.41, 5.74) is 2.46. The molecule has 120 valence electrons. The second kappa shape index (κ2) is 6.26. The van der Waals surface area contributed by atoms with Crippen molar-refractivity contribution in [2.45, 2.75) is 25.1 Å². The summed E-state index contributed by atoms with van der Waals surface area (Å²) < 4.78 is 13.2. The van der Waals surface area contributed by atoms with Gasteiger partial charge >= 0.3 is 6.03 Å². The van der Waals surface area contributed by atoms with Gasteiger partial charge in [0.05, 0.1) is 12.1 Å². The Labute approximate surface area is 132 Å². The average Bonchev–Trinajstić information content (AvgIpc) is 2.84. The second-order valence-corrected chi connectivity index (χ2v) is 5.56. The highest BCUT2D eigenvalue weighted by atomic mass is 19.1. The number of amides is 2. The summed E-state index contributed by atoms with van der Waals surface area (Å²) in [5.74, 6) is -1.16. The first kappa shape index (κ1) is 15.3. The first-order chi connectivity index (χ1) is 11.0. The molecule has 2 aromatic carbocycles. The highest BCUT2D eigenvalue weighted by molar-refractivity contribution is 5.74. The Hall–Kier alpha value is -2.60. The average molecular weight is 316 g/mol. The molecule has 2 aromatic rings. The number of nitrogens with one attached hydrogen (secondary N) is 2. The molecule has 0 radical (unpaired) electrons. The van der Waals surface area contributed by atoms with Crippen LogP contribution < -0.4 is 10.6 Å². The maximum Gasteiger partial charge on any atom is 0.315 e. The molecule has 0 aliphatic heterocycles. The number of halogens is 1. The van der Waals surface area contributed by atoms with Crippen molar-refractivity contribution in [2.75, 3.05) is 0 Å². The molecule has 0 spiro atoms. The Morgan fingerprint density at radius 2 is 2.04 bits per heavy atom. The third-order valence-electron chi connectivity index (χ3n) is 3.96. The number of phenols is 1. The summed E-state index contributed by atoms with van der Waals surface area (Å²) in [6.07, 6.45) is -0.158. The van der Waals surface area contributed by atoms with Gasteiger partial charge in [-0.3, -0.25) is 0 Å². The molecule has 1 aliphatic rings. The van der Waals surface area contributed by atoms with Crippen molar-refractivity contribution in [3.63, 3.8) is 0 Å². The number of hydrogen-bond donors (Lipinski definition) is 4. The first-order valence-electron chi connectivity index (χ1n) is 7.32. The van der Waals surface area contributed by atoms with Crippen molar-refractivity contribution in [2.24, 2.45) is 0 Å². The number of fused-ring (bicyclic) bond motifs is 1. The van der Waals surface area contributed by atoms with Gasteiger partial charge in [-0.2, -0.15) is 0 Å². The molecule has 23 heavy (non-hydrogen) atoms. The summed E-state index contributed by atoms with van der Waals surface area (Å²) in [6.45, 7) is 0.119. The van der Waals surface area contributed by atoms with Gasteiger partial charge in [0.15, 0.2) is 11.6 Å². The van der Waals surface area contributed by atoms with Crippen molar-refractivity contribution in [3.8, 4) is 5.75 Å². The number of aliphatic hydroxyl groups is 1. The molecule has 0 saturated carbocycles. The summed E-state index contributed by atoms with van der Waals surface area (Å²) in [5, 5.41) is 24.6. The van der Waals surface area contributed by atoms with E-state index in [-0.39, 0.29) is 6.54 Å². The fourth-order valence-corrected chi connectivity index (χ4v) is 2.78. The largest absolute Gasteiger partial charge is 0.505 e. The minimum absolute atomic E-state index is 0.119. The molecule has 4 N–H and O–H groups in total. The number of benzene rings is 2. The van der Waals surface area contributed by atoms with Crippen LogP contribution in [0.1, 0.15) is 22.7 Å². The molecule has 0 heterocycles. The van der Waals surface area contributed by atoms with Gasteiger partial charge in [-0.1, -0.05) is 30.3 Å². The van der Waals surface area contributed by atoms with E-state index in [1.165, 1.54) is 12.1 Å². The van der Waals surface area contributed by atoms with Gasteiger partial charge in [-0.15, -0.1) is 0 Å². The SMILES string of the molecule is O=C(NCc1ccc(O)c(F)c1)N[C@@H]1c2ccccc2C[C@@H]1O. The molecule has 3 rings (SSSR count). The third-order valence-corrected chi connectivity index (χ3v) is 3.96. The molecule has 6 heteroatoms. The van der Waals surface area contributed by atoms with E-state index in [0.29, 0.717) is 12.0 Å². The Morgan fingerprint density at radius 1 is 1.26 bits per heavy atom.